The summed E-state index contributed by atoms with van der Waals surface area (Å²) in [5.74, 6) is 0. The maximum absolute atomic E-state index is 5.56. The molecule has 0 aromatic heterocycles. The van der Waals surface area contributed by atoms with Crippen LogP contribution in [0.2, 0.25) is 0 Å². The molecule has 0 fully saturated rings. The number of hydrogen-bond donors (Lipinski definition) is 3. The fourth-order valence-electron chi connectivity index (χ4n) is 0.875. The van der Waals surface area contributed by atoms with Crippen molar-refractivity contribution in [1.29, 1.82) is 0 Å². The Morgan fingerprint density at radius 3 is 2.46 bits per heavy atom. The van der Waals surface area contributed by atoms with Crippen LogP contribution >= 0.6 is 0 Å². The van der Waals surface area contributed by atoms with Gasteiger partial charge in [-0.1, -0.05) is 6.92 Å². The second-order valence-electron chi connectivity index (χ2n) is 3.20. The number of nitrogens with one attached hydrogen (secondary N) is 2. The van der Waals surface area contributed by atoms with E-state index >= 15 is 0 Å². The van der Waals surface area contributed by atoms with E-state index < -0.39 is 0 Å². The van der Waals surface area contributed by atoms with Gasteiger partial charge >= 0.3 is 0 Å². The molecule has 1 rings (SSSR count). The summed E-state index contributed by atoms with van der Waals surface area (Å²) in [6.07, 6.45) is 1.10. The van der Waals surface area contributed by atoms with Crippen molar-refractivity contribution >= 4 is 11.4 Å². The zero-order chi connectivity index (χ0) is 9.68. The maximum atomic E-state index is 5.56. The highest BCUT2D eigenvalue weighted by molar-refractivity contribution is 5.50. The quantitative estimate of drug-likeness (QED) is 0.489. The average molecular weight is 179 g/mol. The Balaban J connectivity index is 2.41. The number of rotatable bonds is 4. The Labute approximate surface area is 79.3 Å². The van der Waals surface area contributed by atoms with Gasteiger partial charge in [0.15, 0.2) is 0 Å². The number of nitrogen functional groups attached to an aromatic ring is 1. The molecular weight excluding hydrogens is 162 g/mol. The van der Waals surface area contributed by atoms with E-state index in [0.717, 1.165) is 17.8 Å². The molecule has 3 nitrogen and oxygen atoms in total. The predicted molar refractivity (Wildman–Crippen MR) is 57.4 cm³/mol. The van der Waals surface area contributed by atoms with E-state index in [1.807, 2.05) is 24.3 Å². The highest BCUT2D eigenvalue weighted by Crippen LogP contribution is 2.09. The largest absolute Gasteiger partial charge is 0.399 e. The molecular formula is C10H17N3. The third-order valence-corrected chi connectivity index (χ3v) is 1.99. The first-order valence-electron chi connectivity index (χ1n) is 4.59. The lowest BCUT2D eigenvalue weighted by molar-refractivity contribution is 0.588. The van der Waals surface area contributed by atoms with Gasteiger partial charge in [0.2, 0.25) is 0 Å². The smallest absolute Gasteiger partial charge is 0.0489 e. The second-order valence-corrected chi connectivity index (χ2v) is 3.20. The summed E-state index contributed by atoms with van der Waals surface area (Å²) in [5.41, 5.74) is 13.7. The van der Waals surface area contributed by atoms with Crippen LogP contribution in [0, 0.1) is 0 Å². The summed E-state index contributed by atoms with van der Waals surface area (Å²) in [6.45, 7) is 4.27. The van der Waals surface area contributed by atoms with Gasteiger partial charge in [0.25, 0.3) is 0 Å². The van der Waals surface area contributed by atoms with Gasteiger partial charge < -0.3 is 11.2 Å². The van der Waals surface area contributed by atoms with Crippen molar-refractivity contribution in [1.82, 2.24) is 5.43 Å². The molecule has 0 saturated heterocycles. The molecule has 1 unspecified atom stereocenters. The van der Waals surface area contributed by atoms with Crippen molar-refractivity contribution in [3.8, 4) is 0 Å². The van der Waals surface area contributed by atoms with Gasteiger partial charge in [-0.25, -0.2) is 5.43 Å². The van der Waals surface area contributed by atoms with E-state index in [-0.39, 0.29) is 0 Å². The summed E-state index contributed by atoms with van der Waals surface area (Å²) in [4.78, 5) is 0. The molecule has 3 heteroatoms. The van der Waals surface area contributed by atoms with E-state index in [4.69, 9.17) is 5.73 Å². The van der Waals surface area contributed by atoms with Crippen molar-refractivity contribution in [2.24, 2.45) is 0 Å². The third-order valence-electron chi connectivity index (χ3n) is 1.99. The number of benzene rings is 1. The number of nitrogens with two attached hydrogens (primary N) is 1. The first kappa shape index (κ1) is 9.86. The average Bonchev–Trinajstić information content (AvgIpc) is 2.16. The van der Waals surface area contributed by atoms with E-state index in [9.17, 15) is 0 Å². The Morgan fingerprint density at radius 2 is 1.92 bits per heavy atom. The summed E-state index contributed by atoms with van der Waals surface area (Å²) in [6, 6.07) is 8.12. The zero-order valence-corrected chi connectivity index (χ0v) is 8.17. The van der Waals surface area contributed by atoms with Gasteiger partial charge in [-0.2, -0.15) is 0 Å². The van der Waals surface area contributed by atoms with Crippen LogP contribution in [0.5, 0.6) is 0 Å². The number of hydrazine groups is 1. The standard InChI is InChI=1S/C10H17N3/c1-3-8(2)12-13-10-6-4-9(11)5-7-10/h4-8,12-13H,3,11H2,1-2H3. The Morgan fingerprint density at radius 1 is 1.31 bits per heavy atom. The van der Waals surface area contributed by atoms with Gasteiger partial charge in [-0.3, -0.25) is 0 Å². The van der Waals surface area contributed by atoms with Crippen LogP contribution in [-0.2, 0) is 0 Å². The summed E-state index contributed by atoms with van der Waals surface area (Å²) < 4.78 is 0. The lowest BCUT2D eigenvalue weighted by atomic mass is 10.3. The van der Waals surface area contributed by atoms with Crippen LogP contribution in [0.25, 0.3) is 0 Å². The van der Waals surface area contributed by atoms with E-state index in [2.05, 4.69) is 24.7 Å². The van der Waals surface area contributed by atoms with Gasteiger partial charge in [0, 0.05) is 17.4 Å². The number of anilines is 2. The van der Waals surface area contributed by atoms with Crippen molar-refractivity contribution < 1.29 is 0 Å². The molecule has 0 aliphatic heterocycles. The maximum Gasteiger partial charge on any atom is 0.0489 e. The van der Waals surface area contributed by atoms with E-state index in [1.165, 1.54) is 0 Å². The minimum atomic E-state index is 0.470. The fourth-order valence-corrected chi connectivity index (χ4v) is 0.875. The highest BCUT2D eigenvalue weighted by Gasteiger charge is 1.95. The summed E-state index contributed by atoms with van der Waals surface area (Å²) in [7, 11) is 0. The topological polar surface area (TPSA) is 50.1 Å². The summed E-state index contributed by atoms with van der Waals surface area (Å²) in [5, 5.41) is 0. The van der Waals surface area contributed by atoms with Crippen LogP contribution in [-0.4, -0.2) is 6.04 Å². The van der Waals surface area contributed by atoms with Gasteiger partial charge in [0.05, 0.1) is 0 Å². The Bertz CT molecular complexity index is 243. The first-order valence-corrected chi connectivity index (χ1v) is 4.59. The summed E-state index contributed by atoms with van der Waals surface area (Å²) >= 11 is 0. The van der Waals surface area contributed by atoms with Crippen molar-refractivity contribution in [2.45, 2.75) is 26.3 Å². The fraction of sp³-hybridized carbons (Fsp3) is 0.400. The molecule has 0 saturated carbocycles. The minimum Gasteiger partial charge on any atom is -0.399 e. The van der Waals surface area contributed by atoms with E-state index in [1.54, 1.807) is 0 Å². The molecule has 0 aliphatic rings. The Hall–Kier alpha value is -1.22. The molecule has 72 valence electrons. The molecule has 0 heterocycles. The van der Waals surface area contributed by atoms with Crippen molar-refractivity contribution in [3.05, 3.63) is 24.3 Å². The van der Waals surface area contributed by atoms with Crippen LogP contribution in [0.15, 0.2) is 24.3 Å². The molecule has 1 aromatic rings. The van der Waals surface area contributed by atoms with Gasteiger partial charge in [-0.05, 0) is 37.6 Å². The molecule has 0 amide bonds. The highest BCUT2D eigenvalue weighted by atomic mass is 15.4. The molecule has 0 spiro atoms. The molecule has 1 atom stereocenters. The van der Waals surface area contributed by atoms with Crippen molar-refractivity contribution in [3.63, 3.8) is 0 Å². The van der Waals surface area contributed by atoms with Crippen LogP contribution < -0.4 is 16.6 Å². The van der Waals surface area contributed by atoms with Crippen LogP contribution in [0.3, 0.4) is 0 Å². The number of hydrogen-bond acceptors (Lipinski definition) is 3. The normalized spacial score (nSPS) is 12.5. The third kappa shape index (κ3) is 3.34. The molecule has 0 bridgehead atoms. The molecule has 0 radical (unpaired) electrons. The van der Waals surface area contributed by atoms with E-state index in [0.29, 0.717) is 6.04 Å². The van der Waals surface area contributed by atoms with Crippen LogP contribution in [0.1, 0.15) is 20.3 Å². The second kappa shape index (κ2) is 4.72. The Kier molecular flexibility index (Phi) is 3.58. The minimum absolute atomic E-state index is 0.470. The predicted octanol–water partition coefficient (Wildman–Crippen LogP) is 1.98. The zero-order valence-electron chi connectivity index (χ0n) is 8.17. The molecule has 4 N–H and O–H groups in total. The lowest BCUT2D eigenvalue weighted by Gasteiger charge is -2.13. The van der Waals surface area contributed by atoms with Gasteiger partial charge in [0.1, 0.15) is 0 Å². The first-order chi connectivity index (χ1) is 6.22. The monoisotopic (exact) mass is 179 g/mol. The van der Waals surface area contributed by atoms with Crippen LogP contribution in [0.4, 0.5) is 11.4 Å². The molecule has 0 aliphatic carbocycles. The molecule has 1 aromatic carbocycles. The SMILES string of the molecule is CCC(C)NNc1ccc(N)cc1. The van der Waals surface area contributed by atoms with Crippen molar-refractivity contribution in [2.75, 3.05) is 11.2 Å². The van der Waals surface area contributed by atoms with Gasteiger partial charge in [-0.15, -0.1) is 0 Å². The molecule has 13 heavy (non-hydrogen) atoms. The lowest BCUT2D eigenvalue weighted by Crippen LogP contribution is -2.30.